The second-order valence-corrected chi connectivity index (χ2v) is 8.82. The fourth-order valence-corrected chi connectivity index (χ4v) is 6.52. The molecule has 2 atom stereocenters. The fraction of sp³-hybridized carbons (Fsp3) is 0.478. The van der Waals surface area contributed by atoms with Gasteiger partial charge in [-0.1, -0.05) is 23.9 Å². The van der Waals surface area contributed by atoms with Gasteiger partial charge in [0.05, 0.1) is 26.0 Å². The van der Waals surface area contributed by atoms with E-state index >= 15 is 0 Å². The Morgan fingerprint density at radius 2 is 2.03 bits per heavy atom. The van der Waals surface area contributed by atoms with Crippen LogP contribution < -0.4 is 14.8 Å². The first-order valence-corrected chi connectivity index (χ1v) is 11.1. The second-order valence-electron chi connectivity index (χ2n) is 7.91. The number of nitrogens with one attached hydrogen (secondary N) is 1. The topological polar surface area (TPSA) is 43.0 Å². The highest BCUT2D eigenvalue weighted by atomic mass is 32.2. The number of rotatable bonds is 4. The van der Waals surface area contributed by atoms with Crippen molar-refractivity contribution >= 4 is 11.8 Å². The van der Waals surface area contributed by atoms with E-state index in [0.29, 0.717) is 6.04 Å². The molecule has 2 unspecified atom stereocenters. The Morgan fingerprint density at radius 1 is 1.17 bits per heavy atom. The molecule has 1 aromatic rings. The van der Waals surface area contributed by atoms with E-state index in [0.717, 1.165) is 49.5 Å². The van der Waals surface area contributed by atoms with Gasteiger partial charge in [0.15, 0.2) is 11.5 Å². The van der Waals surface area contributed by atoms with E-state index in [4.69, 9.17) is 14.2 Å². The molecule has 1 aliphatic carbocycles. The predicted molar refractivity (Wildman–Crippen MR) is 116 cm³/mol. The van der Waals surface area contributed by atoms with Crippen molar-refractivity contribution in [2.24, 2.45) is 0 Å². The monoisotopic (exact) mass is 412 g/mol. The molecular formula is C23H28N2O3S. The molecule has 3 aliphatic heterocycles. The Kier molecular flexibility index (Phi) is 4.88. The van der Waals surface area contributed by atoms with Crippen molar-refractivity contribution in [3.63, 3.8) is 0 Å². The van der Waals surface area contributed by atoms with Gasteiger partial charge in [0.25, 0.3) is 0 Å². The highest BCUT2D eigenvalue weighted by Gasteiger charge is 2.49. The summed E-state index contributed by atoms with van der Waals surface area (Å²) in [6.07, 6.45) is 5.43. The van der Waals surface area contributed by atoms with Gasteiger partial charge >= 0.3 is 0 Å². The predicted octanol–water partition coefficient (Wildman–Crippen LogP) is 3.79. The number of ether oxygens (including phenoxy) is 3. The van der Waals surface area contributed by atoms with Crippen molar-refractivity contribution < 1.29 is 14.2 Å². The SMILES string of the molecule is COc1ccc(C2(OC)CCC3=C4CNCCC4N4CC=CSC2=C34)cc1OC. The Balaban J connectivity index is 1.70. The molecule has 0 saturated carbocycles. The van der Waals surface area contributed by atoms with Gasteiger partial charge in [0.1, 0.15) is 5.60 Å². The maximum absolute atomic E-state index is 6.37. The molecular weight excluding hydrogens is 384 g/mol. The molecule has 1 fully saturated rings. The first-order valence-electron chi connectivity index (χ1n) is 10.3. The molecule has 5 nitrogen and oxygen atoms in total. The van der Waals surface area contributed by atoms with Gasteiger partial charge < -0.3 is 24.4 Å². The third kappa shape index (κ3) is 2.76. The first-order chi connectivity index (χ1) is 14.2. The summed E-state index contributed by atoms with van der Waals surface area (Å²) >= 11 is 1.82. The average Bonchev–Trinajstić information content (AvgIpc) is 2.93. The van der Waals surface area contributed by atoms with Crippen LogP contribution in [0.4, 0.5) is 0 Å². The van der Waals surface area contributed by atoms with Gasteiger partial charge in [-0.05, 0) is 60.1 Å². The maximum Gasteiger partial charge on any atom is 0.161 e. The molecule has 154 valence electrons. The number of nitrogens with zero attached hydrogens (tertiary/aromatic N) is 1. The Morgan fingerprint density at radius 3 is 2.83 bits per heavy atom. The number of allylic oxidation sites excluding steroid dienone is 1. The molecule has 0 aromatic heterocycles. The molecule has 0 radical (unpaired) electrons. The van der Waals surface area contributed by atoms with Crippen LogP contribution in [0.3, 0.4) is 0 Å². The lowest BCUT2D eigenvalue weighted by atomic mass is 9.79. The Bertz CT molecular complexity index is 923. The van der Waals surface area contributed by atoms with Crippen LogP contribution in [0.2, 0.25) is 0 Å². The molecule has 3 heterocycles. The number of fused-ring (bicyclic) bond motifs is 2. The molecule has 6 heteroatoms. The lowest BCUT2D eigenvalue weighted by molar-refractivity contribution is 0.0129. The minimum atomic E-state index is -0.475. The van der Waals surface area contributed by atoms with Crippen LogP contribution in [-0.4, -0.2) is 51.9 Å². The fourth-order valence-electron chi connectivity index (χ4n) is 5.36. The summed E-state index contributed by atoms with van der Waals surface area (Å²) in [5, 5.41) is 5.82. The van der Waals surface area contributed by atoms with Crippen LogP contribution in [-0.2, 0) is 10.3 Å². The van der Waals surface area contributed by atoms with Crippen molar-refractivity contribution in [1.29, 1.82) is 0 Å². The van der Waals surface area contributed by atoms with Gasteiger partial charge in [-0.25, -0.2) is 0 Å². The number of piperidine rings is 1. The van der Waals surface area contributed by atoms with Crippen LogP contribution >= 0.6 is 11.8 Å². The zero-order valence-corrected chi connectivity index (χ0v) is 18.1. The molecule has 1 N–H and O–H groups in total. The summed E-state index contributed by atoms with van der Waals surface area (Å²) in [7, 11) is 5.20. The van der Waals surface area contributed by atoms with Crippen LogP contribution in [0.25, 0.3) is 0 Å². The molecule has 29 heavy (non-hydrogen) atoms. The summed E-state index contributed by atoms with van der Waals surface area (Å²) in [6, 6.07) is 6.72. The standard InChI is InChI=1S/C23H28N2O3S/c1-26-19-6-5-15(13-20(19)27-2)23(28-3)9-7-16-17-14-24-10-8-18(17)25-11-4-12-29-22(23)21(16)25/h4-6,12-13,18,24H,7-11,14H2,1-3H3. The van der Waals surface area contributed by atoms with Gasteiger partial charge in [0, 0.05) is 25.1 Å². The highest BCUT2D eigenvalue weighted by Crippen LogP contribution is 2.56. The smallest absolute Gasteiger partial charge is 0.161 e. The summed E-state index contributed by atoms with van der Waals surface area (Å²) in [6.45, 7) is 3.07. The Hall–Kier alpha value is -1.89. The van der Waals surface area contributed by atoms with Gasteiger partial charge in [0.2, 0.25) is 0 Å². The van der Waals surface area contributed by atoms with E-state index in [1.807, 2.05) is 24.9 Å². The lowest BCUT2D eigenvalue weighted by Crippen LogP contribution is -2.41. The summed E-state index contributed by atoms with van der Waals surface area (Å²) in [5.74, 6) is 1.48. The molecule has 4 aliphatic rings. The zero-order valence-electron chi connectivity index (χ0n) is 17.3. The molecule has 5 rings (SSSR count). The van der Waals surface area contributed by atoms with Crippen molar-refractivity contribution in [2.45, 2.75) is 30.9 Å². The molecule has 0 bridgehead atoms. The number of hydrogen-bond donors (Lipinski definition) is 1. The number of methoxy groups -OCH3 is 3. The van der Waals surface area contributed by atoms with Crippen molar-refractivity contribution in [2.75, 3.05) is 41.0 Å². The van der Waals surface area contributed by atoms with Crippen LogP contribution in [0.15, 0.2) is 51.4 Å². The van der Waals surface area contributed by atoms with E-state index in [1.54, 1.807) is 25.4 Å². The lowest BCUT2D eigenvalue weighted by Gasteiger charge is -2.41. The number of benzene rings is 1. The summed E-state index contributed by atoms with van der Waals surface area (Å²) in [5.41, 5.74) is 5.20. The minimum Gasteiger partial charge on any atom is -0.493 e. The van der Waals surface area contributed by atoms with E-state index < -0.39 is 5.60 Å². The molecule has 0 spiro atoms. The van der Waals surface area contributed by atoms with E-state index in [-0.39, 0.29) is 0 Å². The van der Waals surface area contributed by atoms with Crippen LogP contribution in [0, 0.1) is 0 Å². The van der Waals surface area contributed by atoms with Gasteiger partial charge in [-0.15, -0.1) is 0 Å². The maximum atomic E-state index is 6.37. The van der Waals surface area contributed by atoms with Crippen molar-refractivity contribution in [3.8, 4) is 11.5 Å². The average molecular weight is 413 g/mol. The third-order valence-corrected chi connectivity index (χ3v) is 7.83. The summed E-state index contributed by atoms with van der Waals surface area (Å²) < 4.78 is 17.4. The number of thioether (sulfide) groups is 1. The highest BCUT2D eigenvalue weighted by molar-refractivity contribution is 8.05. The largest absolute Gasteiger partial charge is 0.493 e. The Labute approximate surface area is 176 Å². The first kappa shape index (κ1) is 19.1. The molecule has 1 aromatic carbocycles. The second kappa shape index (κ2) is 7.42. The van der Waals surface area contributed by atoms with E-state index in [9.17, 15) is 0 Å². The molecule has 0 amide bonds. The minimum absolute atomic E-state index is 0.475. The van der Waals surface area contributed by atoms with E-state index in [2.05, 4.69) is 33.8 Å². The van der Waals surface area contributed by atoms with Crippen molar-refractivity contribution in [3.05, 3.63) is 57.0 Å². The molecule has 1 saturated heterocycles. The van der Waals surface area contributed by atoms with Gasteiger partial charge in [-0.2, -0.15) is 0 Å². The third-order valence-electron chi connectivity index (χ3n) is 6.74. The van der Waals surface area contributed by atoms with Gasteiger partial charge in [-0.3, -0.25) is 0 Å². The van der Waals surface area contributed by atoms with Crippen molar-refractivity contribution in [1.82, 2.24) is 10.2 Å². The summed E-state index contributed by atoms with van der Waals surface area (Å²) in [4.78, 5) is 3.93. The number of hydrogen-bond acceptors (Lipinski definition) is 6. The quantitative estimate of drug-likeness (QED) is 0.812. The van der Waals surface area contributed by atoms with E-state index in [1.165, 1.54) is 17.0 Å². The normalized spacial score (nSPS) is 28.2. The van der Waals surface area contributed by atoms with Crippen LogP contribution in [0.5, 0.6) is 11.5 Å². The zero-order chi connectivity index (χ0) is 20.0. The van der Waals surface area contributed by atoms with Crippen LogP contribution in [0.1, 0.15) is 24.8 Å².